The van der Waals surface area contributed by atoms with Gasteiger partial charge in [0.05, 0.1) is 0 Å². The SMILES string of the molecule is Cc1ccccc1-c1noc(CC(=O)Nc2ccc(N3CCCC3)cc2)n1. The lowest BCUT2D eigenvalue weighted by molar-refractivity contribution is -0.115. The van der Waals surface area contributed by atoms with Crippen molar-refractivity contribution in [3.8, 4) is 11.4 Å². The quantitative estimate of drug-likeness (QED) is 0.747. The third-order valence-electron chi connectivity index (χ3n) is 4.79. The van der Waals surface area contributed by atoms with Crippen LogP contribution in [0.4, 0.5) is 11.4 Å². The minimum Gasteiger partial charge on any atom is -0.372 e. The molecule has 1 N–H and O–H groups in total. The number of rotatable bonds is 5. The number of hydrogen-bond acceptors (Lipinski definition) is 5. The van der Waals surface area contributed by atoms with E-state index in [0.717, 1.165) is 29.9 Å². The molecule has 2 aromatic carbocycles. The van der Waals surface area contributed by atoms with Crippen molar-refractivity contribution in [1.29, 1.82) is 0 Å². The minimum absolute atomic E-state index is 0.0484. The van der Waals surface area contributed by atoms with E-state index in [1.54, 1.807) is 0 Å². The normalized spacial score (nSPS) is 13.7. The van der Waals surface area contributed by atoms with Gasteiger partial charge in [0, 0.05) is 30.0 Å². The van der Waals surface area contributed by atoms with Crippen molar-refractivity contribution >= 4 is 17.3 Å². The highest BCUT2D eigenvalue weighted by atomic mass is 16.5. The van der Waals surface area contributed by atoms with Gasteiger partial charge in [-0.05, 0) is 49.6 Å². The van der Waals surface area contributed by atoms with Crippen LogP contribution in [0.3, 0.4) is 0 Å². The fourth-order valence-electron chi connectivity index (χ4n) is 3.33. The van der Waals surface area contributed by atoms with Crippen LogP contribution in [0.15, 0.2) is 53.1 Å². The maximum absolute atomic E-state index is 12.3. The maximum Gasteiger partial charge on any atom is 0.236 e. The smallest absolute Gasteiger partial charge is 0.236 e. The number of nitrogens with zero attached hydrogens (tertiary/aromatic N) is 3. The summed E-state index contributed by atoms with van der Waals surface area (Å²) in [6.07, 6.45) is 2.53. The van der Waals surface area contributed by atoms with E-state index in [9.17, 15) is 4.79 Å². The van der Waals surface area contributed by atoms with Crippen molar-refractivity contribution in [3.63, 3.8) is 0 Å². The second kappa shape index (κ2) is 7.61. The van der Waals surface area contributed by atoms with Crippen LogP contribution in [-0.4, -0.2) is 29.1 Å². The van der Waals surface area contributed by atoms with Gasteiger partial charge in [0.15, 0.2) is 0 Å². The number of nitrogens with one attached hydrogen (secondary N) is 1. The van der Waals surface area contributed by atoms with Crippen LogP contribution in [0.5, 0.6) is 0 Å². The topological polar surface area (TPSA) is 71.3 Å². The van der Waals surface area contributed by atoms with Gasteiger partial charge in [-0.2, -0.15) is 4.98 Å². The van der Waals surface area contributed by atoms with Crippen molar-refractivity contribution in [2.45, 2.75) is 26.2 Å². The lowest BCUT2D eigenvalue weighted by Gasteiger charge is -2.17. The average molecular weight is 362 g/mol. The van der Waals surface area contributed by atoms with Crippen LogP contribution in [0, 0.1) is 6.92 Å². The standard InChI is InChI=1S/C21H22N4O2/c1-15-6-2-3-7-18(15)21-23-20(27-24-21)14-19(26)22-16-8-10-17(11-9-16)25-12-4-5-13-25/h2-3,6-11H,4-5,12-14H2,1H3,(H,22,26). The van der Waals surface area contributed by atoms with Crippen LogP contribution in [0.25, 0.3) is 11.4 Å². The number of aromatic nitrogens is 2. The van der Waals surface area contributed by atoms with Crippen molar-refractivity contribution < 1.29 is 9.32 Å². The maximum atomic E-state index is 12.3. The molecule has 2 heterocycles. The summed E-state index contributed by atoms with van der Waals surface area (Å²) in [5.74, 6) is 0.634. The van der Waals surface area contributed by atoms with E-state index in [-0.39, 0.29) is 12.3 Å². The third-order valence-corrected chi connectivity index (χ3v) is 4.79. The monoisotopic (exact) mass is 362 g/mol. The van der Waals surface area contributed by atoms with Gasteiger partial charge in [-0.25, -0.2) is 0 Å². The molecular formula is C21H22N4O2. The predicted molar refractivity (Wildman–Crippen MR) is 105 cm³/mol. The first-order chi connectivity index (χ1) is 13.2. The zero-order valence-electron chi connectivity index (χ0n) is 15.3. The van der Waals surface area contributed by atoms with Gasteiger partial charge in [0.2, 0.25) is 17.6 Å². The molecule has 6 heteroatoms. The Morgan fingerprint density at radius 3 is 2.59 bits per heavy atom. The van der Waals surface area contributed by atoms with E-state index < -0.39 is 0 Å². The molecule has 6 nitrogen and oxygen atoms in total. The summed E-state index contributed by atoms with van der Waals surface area (Å²) < 4.78 is 5.24. The molecule has 27 heavy (non-hydrogen) atoms. The number of amides is 1. The highest BCUT2D eigenvalue weighted by Gasteiger charge is 2.15. The lowest BCUT2D eigenvalue weighted by atomic mass is 10.1. The molecule has 1 fully saturated rings. The highest BCUT2D eigenvalue weighted by molar-refractivity contribution is 5.92. The fraction of sp³-hybridized carbons (Fsp3) is 0.286. The Balaban J connectivity index is 1.37. The number of carbonyl (C=O) groups excluding carboxylic acids is 1. The molecule has 0 spiro atoms. The zero-order valence-corrected chi connectivity index (χ0v) is 15.3. The lowest BCUT2D eigenvalue weighted by Crippen LogP contribution is -2.18. The van der Waals surface area contributed by atoms with Crippen molar-refractivity contribution in [2.75, 3.05) is 23.3 Å². The Morgan fingerprint density at radius 2 is 1.85 bits per heavy atom. The molecule has 3 aromatic rings. The summed E-state index contributed by atoms with van der Waals surface area (Å²) in [5, 5.41) is 6.87. The number of benzene rings is 2. The van der Waals surface area contributed by atoms with E-state index in [1.807, 2.05) is 55.5 Å². The molecule has 0 atom stereocenters. The number of hydrogen-bond donors (Lipinski definition) is 1. The highest BCUT2D eigenvalue weighted by Crippen LogP contribution is 2.22. The fourth-order valence-corrected chi connectivity index (χ4v) is 3.33. The molecule has 138 valence electrons. The van der Waals surface area contributed by atoms with Crippen LogP contribution in [0.1, 0.15) is 24.3 Å². The van der Waals surface area contributed by atoms with Gasteiger partial charge in [-0.1, -0.05) is 29.4 Å². The van der Waals surface area contributed by atoms with E-state index >= 15 is 0 Å². The van der Waals surface area contributed by atoms with Crippen LogP contribution < -0.4 is 10.2 Å². The predicted octanol–water partition coefficient (Wildman–Crippen LogP) is 3.83. The van der Waals surface area contributed by atoms with Gasteiger partial charge >= 0.3 is 0 Å². The summed E-state index contributed by atoms with van der Waals surface area (Å²) >= 11 is 0. The molecular weight excluding hydrogens is 340 g/mol. The Bertz CT molecular complexity index is 927. The number of anilines is 2. The third kappa shape index (κ3) is 4.00. The summed E-state index contributed by atoms with van der Waals surface area (Å²) in [7, 11) is 0. The summed E-state index contributed by atoms with van der Waals surface area (Å²) in [5.41, 5.74) is 3.93. The molecule has 0 radical (unpaired) electrons. The molecule has 0 saturated carbocycles. The first-order valence-corrected chi connectivity index (χ1v) is 9.22. The molecule has 0 unspecified atom stereocenters. The van der Waals surface area contributed by atoms with E-state index in [4.69, 9.17) is 4.52 Å². The van der Waals surface area contributed by atoms with Gasteiger partial charge in [-0.3, -0.25) is 4.79 Å². The van der Waals surface area contributed by atoms with E-state index in [1.165, 1.54) is 18.5 Å². The molecule has 4 rings (SSSR count). The summed E-state index contributed by atoms with van der Waals surface area (Å²) in [4.78, 5) is 19.0. The second-order valence-corrected chi connectivity index (χ2v) is 6.79. The van der Waals surface area contributed by atoms with Crippen LogP contribution in [0.2, 0.25) is 0 Å². The Labute approximate surface area is 158 Å². The van der Waals surface area contributed by atoms with E-state index in [2.05, 4.69) is 20.4 Å². The van der Waals surface area contributed by atoms with Crippen molar-refractivity contribution in [3.05, 3.63) is 60.0 Å². The number of aryl methyl sites for hydroxylation is 1. The van der Waals surface area contributed by atoms with Crippen LogP contribution >= 0.6 is 0 Å². The first-order valence-electron chi connectivity index (χ1n) is 9.22. The van der Waals surface area contributed by atoms with Gasteiger partial charge < -0.3 is 14.7 Å². The second-order valence-electron chi connectivity index (χ2n) is 6.79. The van der Waals surface area contributed by atoms with E-state index in [0.29, 0.717) is 11.7 Å². The van der Waals surface area contributed by atoms with Gasteiger partial charge in [0.25, 0.3) is 0 Å². The van der Waals surface area contributed by atoms with Gasteiger partial charge in [0.1, 0.15) is 6.42 Å². The summed E-state index contributed by atoms with van der Waals surface area (Å²) in [6.45, 7) is 4.20. The summed E-state index contributed by atoms with van der Waals surface area (Å²) in [6, 6.07) is 15.8. The molecule has 0 aliphatic carbocycles. The first kappa shape index (κ1) is 17.3. The molecule has 1 aromatic heterocycles. The Hall–Kier alpha value is -3.15. The van der Waals surface area contributed by atoms with Gasteiger partial charge in [-0.15, -0.1) is 0 Å². The van der Waals surface area contributed by atoms with Crippen molar-refractivity contribution in [1.82, 2.24) is 10.1 Å². The average Bonchev–Trinajstić information content (AvgIpc) is 3.35. The molecule has 1 aliphatic rings. The number of carbonyl (C=O) groups is 1. The van der Waals surface area contributed by atoms with Crippen LogP contribution in [-0.2, 0) is 11.2 Å². The largest absolute Gasteiger partial charge is 0.372 e. The molecule has 1 aliphatic heterocycles. The van der Waals surface area contributed by atoms with Crippen molar-refractivity contribution in [2.24, 2.45) is 0 Å². The molecule has 1 amide bonds. The Kier molecular flexibility index (Phi) is 4.87. The molecule has 1 saturated heterocycles. The molecule has 0 bridgehead atoms. The Morgan fingerprint density at radius 1 is 1.11 bits per heavy atom. The minimum atomic E-state index is -0.177. The zero-order chi connectivity index (χ0) is 18.6.